The molecule has 0 saturated heterocycles. The summed E-state index contributed by atoms with van der Waals surface area (Å²) in [5.74, 6) is -0.642. The number of aryl methyl sites for hydroxylation is 2. The Morgan fingerprint density at radius 1 is 0.935 bits per heavy atom. The van der Waals surface area contributed by atoms with Gasteiger partial charge in [-0.2, -0.15) is 0 Å². The molecule has 0 aliphatic carbocycles. The van der Waals surface area contributed by atoms with Gasteiger partial charge in [-0.25, -0.2) is 9.78 Å². The molecule has 2 heterocycles. The van der Waals surface area contributed by atoms with Gasteiger partial charge in [0.25, 0.3) is 5.91 Å². The Bertz CT molecular complexity index is 1030. The van der Waals surface area contributed by atoms with Gasteiger partial charge in [0.05, 0.1) is 17.9 Å². The lowest BCUT2D eigenvalue weighted by molar-refractivity contribution is 0.0524. The molecule has 0 radical (unpaired) electrons. The summed E-state index contributed by atoms with van der Waals surface area (Å²) in [5, 5.41) is 0. The zero-order valence-electron chi connectivity index (χ0n) is 18.2. The average Bonchev–Trinajstić information content (AvgIpc) is 2.79. The predicted octanol–water partition coefficient (Wildman–Crippen LogP) is 4.37. The standard InChI is InChI=1S/C25H27N3O3/c1-4-19-8-10-20(11-9-19)16-28(17-21-7-6-14-26-15-21)24(29)23-13-12-22(18(3)27-23)25(30)31-5-2/h6-15H,4-5,16-17H2,1-3H3. The molecule has 6 nitrogen and oxygen atoms in total. The molecule has 160 valence electrons. The van der Waals surface area contributed by atoms with Crippen LogP contribution in [0.25, 0.3) is 0 Å². The summed E-state index contributed by atoms with van der Waals surface area (Å²) in [6.07, 6.45) is 4.43. The Morgan fingerprint density at radius 3 is 2.26 bits per heavy atom. The van der Waals surface area contributed by atoms with Crippen molar-refractivity contribution in [1.29, 1.82) is 0 Å². The van der Waals surface area contributed by atoms with Crippen molar-refractivity contribution in [2.24, 2.45) is 0 Å². The fourth-order valence-electron chi connectivity index (χ4n) is 3.28. The smallest absolute Gasteiger partial charge is 0.339 e. The summed E-state index contributed by atoms with van der Waals surface area (Å²) in [7, 11) is 0. The van der Waals surface area contributed by atoms with Crippen LogP contribution in [-0.4, -0.2) is 33.4 Å². The van der Waals surface area contributed by atoms with E-state index in [9.17, 15) is 9.59 Å². The number of carbonyl (C=O) groups is 2. The summed E-state index contributed by atoms with van der Waals surface area (Å²) < 4.78 is 5.05. The molecule has 0 fully saturated rings. The van der Waals surface area contributed by atoms with E-state index in [2.05, 4.69) is 29.0 Å². The Labute approximate surface area is 182 Å². The predicted molar refractivity (Wildman–Crippen MR) is 119 cm³/mol. The second-order valence-electron chi connectivity index (χ2n) is 7.24. The minimum Gasteiger partial charge on any atom is -0.462 e. The molecule has 0 aliphatic rings. The number of amides is 1. The number of hydrogen-bond acceptors (Lipinski definition) is 5. The number of pyridine rings is 2. The lowest BCUT2D eigenvalue weighted by atomic mass is 10.1. The number of benzene rings is 1. The number of aromatic nitrogens is 2. The molecule has 0 N–H and O–H groups in total. The van der Waals surface area contributed by atoms with Crippen molar-refractivity contribution in [3.8, 4) is 0 Å². The number of nitrogens with zero attached hydrogens (tertiary/aromatic N) is 3. The van der Waals surface area contributed by atoms with E-state index in [0.717, 1.165) is 17.5 Å². The van der Waals surface area contributed by atoms with Gasteiger partial charge in [-0.15, -0.1) is 0 Å². The summed E-state index contributed by atoms with van der Waals surface area (Å²) in [6, 6.07) is 15.2. The highest BCUT2D eigenvalue weighted by Gasteiger charge is 2.20. The molecule has 0 saturated carbocycles. The summed E-state index contributed by atoms with van der Waals surface area (Å²) >= 11 is 0. The molecule has 3 rings (SSSR count). The summed E-state index contributed by atoms with van der Waals surface area (Å²) in [4.78, 5) is 35.7. The van der Waals surface area contributed by atoms with Gasteiger partial charge in [-0.3, -0.25) is 9.78 Å². The lowest BCUT2D eigenvalue weighted by Crippen LogP contribution is -2.31. The van der Waals surface area contributed by atoms with Gasteiger partial charge in [0.15, 0.2) is 0 Å². The molecule has 3 aromatic rings. The van der Waals surface area contributed by atoms with Crippen molar-refractivity contribution < 1.29 is 14.3 Å². The zero-order valence-corrected chi connectivity index (χ0v) is 18.2. The van der Waals surface area contributed by atoms with Crippen LogP contribution in [0.4, 0.5) is 0 Å². The summed E-state index contributed by atoms with van der Waals surface area (Å²) in [5.41, 5.74) is 4.35. The first-order chi connectivity index (χ1) is 15.0. The maximum Gasteiger partial charge on any atom is 0.339 e. The first-order valence-corrected chi connectivity index (χ1v) is 10.4. The number of rotatable bonds is 8. The number of esters is 1. The highest BCUT2D eigenvalue weighted by atomic mass is 16.5. The van der Waals surface area contributed by atoms with E-state index in [4.69, 9.17) is 4.74 Å². The first-order valence-electron chi connectivity index (χ1n) is 10.4. The maximum absolute atomic E-state index is 13.4. The average molecular weight is 418 g/mol. The van der Waals surface area contributed by atoms with Crippen LogP contribution in [0.5, 0.6) is 0 Å². The third-order valence-corrected chi connectivity index (χ3v) is 4.99. The SMILES string of the molecule is CCOC(=O)c1ccc(C(=O)N(Cc2ccc(CC)cc2)Cc2cccnc2)nc1C. The molecule has 0 aliphatic heterocycles. The van der Waals surface area contributed by atoms with Crippen molar-refractivity contribution in [3.63, 3.8) is 0 Å². The van der Waals surface area contributed by atoms with Gasteiger partial charge in [0, 0.05) is 25.5 Å². The molecular weight excluding hydrogens is 390 g/mol. The van der Waals surface area contributed by atoms with E-state index in [1.807, 2.05) is 24.3 Å². The Hall–Kier alpha value is -3.54. The molecule has 0 atom stereocenters. The van der Waals surface area contributed by atoms with Crippen molar-refractivity contribution >= 4 is 11.9 Å². The number of carbonyl (C=O) groups excluding carboxylic acids is 2. The molecule has 1 aromatic carbocycles. The van der Waals surface area contributed by atoms with E-state index in [1.54, 1.807) is 43.3 Å². The van der Waals surface area contributed by atoms with E-state index in [0.29, 0.717) is 30.0 Å². The second-order valence-corrected chi connectivity index (χ2v) is 7.24. The zero-order chi connectivity index (χ0) is 22.2. The molecule has 6 heteroatoms. The second kappa shape index (κ2) is 10.5. The van der Waals surface area contributed by atoms with Crippen LogP contribution in [0, 0.1) is 6.92 Å². The van der Waals surface area contributed by atoms with Crippen molar-refractivity contribution in [2.45, 2.75) is 40.3 Å². The minimum atomic E-state index is -0.435. The molecule has 2 aromatic heterocycles. The fourth-order valence-corrected chi connectivity index (χ4v) is 3.28. The topological polar surface area (TPSA) is 72.4 Å². The Balaban J connectivity index is 1.87. The number of ether oxygens (including phenoxy) is 1. The Morgan fingerprint density at radius 2 is 1.65 bits per heavy atom. The van der Waals surface area contributed by atoms with Gasteiger partial charge >= 0.3 is 5.97 Å². The van der Waals surface area contributed by atoms with E-state index in [-0.39, 0.29) is 12.5 Å². The van der Waals surface area contributed by atoms with E-state index >= 15 is 0 Å². The normalized spacial score (nSPS) is 10.5. The monoisotopic (exact) mass is 417 g/mol. The Kier molecular flexibility index (Phi) is 7.49. The van der Waals surface area contributed by atoms with Crippen LogP contribution < -0.4 is 0 Å². The highest BCUT2D eigenvalue weighted by molar-refractivity contribution is 5.95. The van der Waals surface area contributed by atoms with Gasteiger partial charge in [0.2, 0.25) is 0 Å². The van der Waals surface area contributed by atoms with E-state index < -0.39 is 5.97 Å². The van der Waals surface area contributed by atoms with Gasteiger partial charge < -0.3 is 9.64 Å². The molecule has 0 bridgehead atoms. The van der Waals surface area contributed by atoms with Crippen molar-refractivity contribution in [3.05, 3.63) is 94.6 Å². The van der Waals surface area contributed by atoms with Crippen molar-refractivity contribution in [1.82, 2.24) is 14.9 Å². The molecule has 31 heavy (non-hydrogen) atoms. The van der Waals surface area contributed by atoms with Crippen LogP contribution in [0.3, 0.4) is 0 Å². The molecule has 0 unspecified atom stereocenters. The van der Waals surface area contributed by atoms with Crippen LogP contribution in [0.2, 0.25) is 0 Å². The van der Waals surface area contributed by atoms with Gasteiger partial charge in [-0.1, -0.05) is 37.3 Å². The fraction of sp³-hybridized carbons (Fsp3) is 0.280. The number of hydrogen-bond donors (Lipinski definition) is 0. The third-order valence-electron chi connectivity index (χ3n) is 4.99. The molecule has 0 spiro atoms. The first kappa shape index (κ1) is 22.2. The van der Waals surface area contributed by atoms with Crippen LogP contribution in [-0.2, 0) is 24.2 Å². The quantitative estimate of drug-likeness (QED) is 0.509. The minimum absolute atomic E-state index is 0.207. The largest absolute Gasteiger partial charge is 0.462 e. The van der Waals surface area contributed by atoms with Crippen LogP contribution in [0.15, 0.2) is 60.9 Å². The molecule has 1 amide bonds. The summed E-state index contributed by atoms with van der Waals surface area (Å²) in [6.45, 7) is 6.70. The van der Waals surface area contributed by atoms with Gasteiger partial charge in [-0.05, 0) is 55.2 Å². The highest BCUT2D eigenvalue weighted by Crippen LogP contribution is 2.16. The van der Waals surface area contributed by atoms with Gasteiger partial charge in [0.1, 0.15) is 5.69 Å². The van der Waals surface area contributed by atoms with E-state index in [1.165, 1.54) is 5.56 Å². The molecular formula is C25H27N3O3. The third kappa shape index (κ3) is 5.75. The van der Waals surface area contributed by atoms with Crippen LogP contribution in [0.1, 0.15) is 57.1 Å². The lowest BCUT2D eigenvalue weighted by Gasteiger charge is -2.23. The van der Waals surface area contributed by atoms with Crippen LogP contribution >= 0.6 is 0 Å². The maximum atomic E-state index is 13.4. The van der Waals surface area contributed by atoms with Crippen molar-refractivity contribution in [2.75, 3.05) is 6.61 Å².